The summed E-state index contributed by atoms with van der Waals surface area (Å²) >= 11 is 0. The molecule has 7 rings (SSSR count). The molecule has 4 aliphatic rings. The third-order valence-corrected chi connectivity index (χ3v) is 20.5. The van der Waals surface area contributed by atoms with Gasteiger partial charge in [0.25, 0.3) is 11.8 Å². The first kappa shape index (κ1) is 63.1. The van der Waals surface area contributed by atoms with Gasteiger partial charge in [-0.3, -0.25) is 24.1 Å². The van der Waals surface area contributed by atoms with Crippen molar-refractivity contribution in [2.45, 2.75) is 163 Å². The number of benzene rings is 3. The first-order chi connectivity index (χ1) is 39.3. The first-order valence-electron chi connectivity index (χ1n) is 28.6. The Hall–Kier alpha value is -7.48. The Balaban J connectivity index is 1.10. The molecule has 3 aromatic carbocycles. The molecule has 0 saturated carbocycles. The van der Waals surface area contributed by atoms with Crippen molar-refractivity contribution in [2.24, 2.45) is 5.92 Å². The number of carbonyl (C=O) groups excluding carboxylic acids is 6. The number of nitrogens with zero attached hydrogens (tertiary/aromatic N) is 4. The topological polar surface area (TPSA) is 195 Å². The number of nitrogens with one attached hydrogen (secondary N) is 2. The molecule has 5 amide bonds. The van der Waals surface area contributed by atoms with Crippen LogP contribution in [-0.4, -0.2) is 117 Å². The Morgan fingerprint density at radius 1 is 0.783 bits per heavy atom. The second-order valence-electron chi connectivity index (χ2n) is 23.5. The number of allylic oxidation sites excluding steroid dienone is 4. The Kier molecular flexibility index (Phi) is 20.4. The number of ketones is 1. The molecule has 4 aliphatic heterocycles. The van der Waals surface area contributed by atoms with E-state index in [0.29, 0.717) is 59.8 Å². The number of ether oxygens (including phenoxy) is 5. The zero-order chi connectivity index (χ0) is 60.7. The van der Waals surface area contributed by atoms with Gasteiger partial charge in [0.1, 0.15) is 19.0 Å². The summed E-state index contributed by atoms with van der Waals surface area (Å²) in [5.41, 5.74) is 5.31. The summed E-state index contributed by atoms with van der Waals surface area (Å²) in [6, 6.07) is 11.6. The second-order valence-corrected chi connectivity index (χ2v) is 28.3. The quantitative estimate of drug-likeness (QED) is 0.0548. The minimum absolute atomic E-state index is 0.0362. The highest BCUT2D eigenvalue weighted by molar-refractivity contribution is 6.74. The lowest BCUT2D eigenvalue weighted by atomic mass is 10.0. The lowest BCUT2D eigenvalue weighted by Gasteiger charge is -2.44. The fourth-order valence-electron chi connectivity index (χ4n) is 10.5. The maximum Gasteiger partial charge on any atom is 0.416 e. The van der Waals surface area contributed by atoms with Gasteiger partial charge in [0.2, 0.25) is 5.91 Å². The van der Waals surface area contributed by atoms with Gasteiger partial charge in [-0.2, -0.15) is 0 Å². The van der Waals surface area contributed by atoms with E-state index in [9.17, 15) is 28.8 Å². The average molecular weight is 1160 g/mol. The molecular weight excluding hydrogens is 1070 g/mol. The molecule has 0 fully saturated rings. The van der Waals surface area contributed by atoms with Crippen LogP contribution in [-0.2, 0) is 36.6 Å². The van der Waals surface area contributed by atoms with Crippen molar-refractivity contribution in [2.75, 3.05) is 36.7 Å². The number of anilines is 2. The molecular formula is C64H84N6O12Si. The minimum Gasteiger partial charge on any atom is -0.493 e. The maximum atomic E-state index is 14.7. The molecule has 0 saturated heterocycles. The van der Waals surface area contributed by atoms with Crippen LogP contribution < -0.4 is 34.6 Å². The summed E-state index contributed by atoms with van der Waals surface area (Å²) in [6.45, 7) is 29.5. The normalized spacial score (nSPS) is 19.5. The molecule has 18 nitrogen and oxygen atoms in total. The van der Waals surface area contributed by atoms with E-state index < -0.39 is 56.9 Å². The number of fused-ring (bicyclic) bond motifs is 4. The maximum absolute atomic E-state index is 14.7. The summed E-state index contributed by atoms with van der Waals surface area (Å²) < 4.78 is 37.6. The van der Waals surface area contributed by atoms with Crippen molar-refractivity contribution in [3.8, 4) is 17.2 Å². The zero-order valence-corrected chi connectivity index (χ0v) is 51.8. The molecule has 3 aromatic rings. The molecule has 19 heteroatoms. The van der Waals surface area contributed by atoms with Crippen LogP contribution in [0, 0.1) is 12.8 Å². The van der Waals surface area contributed by atoms with Crippen LogP contribution in [0.4, 0.5) is 21.0 Å². The predicted octanol–water partition coefficient (Wildman–Crippen LogP) is 11.4. The third-order valence-electron chi connectivity index (χ3n) is 16.1. The van der Waals surface area contributed by atoms with Crippen molar-refractivity contribution in [3.63, 3.8) is 0 Å². The van der Waals surface area contributed by atoms with Gasteiger partial charge in [-0.1, -0.05) is 95.8 Å². The third kappa shape index (κ3) is 14.1. The van der Waals surface area contributed by atoms with Crippen molar-refractivity contribution >= 4 is 55.4 Å². The molecule has 83 heavy (non-hydrogen) atoms. The van der Waals surface area contributed by atoms with Crippen LogP contribution in [0.5, 0.6) is 17.2 Å². The molecule has 0 bridgehead atoms. The highest BCUT2D eigenvalue weighted by Crippen LogP contribution is 2.46. The van der Waals surface area contributed by atoms with Gasteiger partial charge in [0.05, 0.1) is 73.0 Å². The number of methoxy groups -OCH3 is 1. The number of rotatable bonds is 22. The van der Waals surface area contributed by atoms with Gasteiger partial charge < -0.3 is 48.5 Å². The van der Waals surface area contributed by atoms with Crippen molar-refractivity contribution in [1.29, 1.82) is 0 Å². The highest BCUT2D eigenvalue weighted by Gasteiger charge is 2.51. The van der Waals surface area contributed by atoms with Crippen LogP contribution in [0.2, 0.25) is 18.1 Å². The van der Waals surface area contributed by atoms with Crippen LogP contribution in [0.25, 0.3) is 0 Å². The number of Topliss-reactive ketones (excluding diaryl/α,β-unsaturated/α-hetero) is 1. The van der Waals surface area contributed by atoms with E-state index in [1.54, 1.807) is 41.0 Å². The van der Waals surface area contributed by atoms with Gasteiger partial charge in [0, 0.05) is 37.5 Å². The summed E-state index contributed by atoms with van der Waals surface area (Å²) in [5, 5.41) is 5.82. The Bertz CT molecular complexity index is 3070. The summed E-state index contributed by atoms with van der Waals surface area (Å²) in [5.74, 6) is 0.0380. The van der Waals surface area contributed by atoms with E-state index in [1.807, 2.05) is 103 Å². The van der Waals surface area contributed by atoms with E-state index in [4.69, 9.17) is 28.1 Å². The molecule has 0 aliphatic carbocycles. The van der Waals surface area contributed by atoms with Crippen LogP contribution >= 0.6 is 0 Å². The van der Waals surface area contributed by atoms with Crippen LogP contribution in [0.1, 0.15) is 126 Å². The lowest BCUT2D eigenvalue weighted by Crippen LogP contribution is -2.57. The predicted molar refractivity (Wildman–Crippen MR) is 323 cm³/mol. The van der Waals surface area contributed by atoms with E-state index >= 15 is 0 Å². The van der Waals surface area contributed by atoms with Gasteiger partial charge in [-0.25, -0.2) is 14.5 Å². The molecule has 0 radical (unpaired) electrons. The second kappa shape index (κ2) is 26.8. The largest absolute Gasteiger partial charge is 0.493 e. The highest BCUT2D eigenvalue weighted by atomic mass is 28.4. The Morgan fingerprint density at radius 3 is 1.92 bits per heavy atom. The average Bonchev–Trinajstić information content (AvgIpc) is 2.58. The minimum atomic E-state index is -2.60. The fourth-order valence-corrected chi connectivity index (χ4v) is 11.7. The smallest absolute Gasteiger partial charge is 0.416 e. The molecule has 446 valence electrons. The summed E-state index contributed by atoms with van der Waals surface area (Å²) in [4.78, 5) is 89.5. The molecule has 0 spiro atoms. The van der Waals surface area contributed by atoms with Gasteiger partial charge >= 0.3 is 12.2 Å². The fraction of sp³-hybridized carbons (Fsp3) is 0.469. The summed E-state index contributed by atoms with van der Waals surface area (Å²) in [6.07, 6.45) is 12.0. The van der Waals surface area contributed by atoms with E-state index in [1.165, 1.54) is 29.9 Å². The monoisotopic (exact) mass is 1160 g/mol. The summed E-state index contributed by atoms with van der Waals surface area (Å²) in [7, 11) is -1.12. The van der Waals surface area contributed by atoms with Gasteiger partial charge in [0.15, 0.2) is 31.8 Å². The van der Waals surface area contributed by atoms with Crippen LogP contribution in [0.15, 0.2) is 109 Å². The Morgan fingerprint density at radius 2 is 1.34 bits per heavy atom. The number of amides is 5. The molecule has 2 N–H and O–H groups in total. The number of aryl methyl sites for hydroxylation is 1. The SMILES string of the molecule is C=CCOC(=O)N1c2cc(OCCCOc3cc4c(cc3OC)C(=O)N3C=C(/C=C/C)C[C@H]3[C@H](C)N4C(=O)OCc3ccc(CN[C@@H](C)C(=O)N[C@H](C(C)=O)C(C)C)cc3)c(C)cc2C(=O)N2C=C(/C=C/C)C[C@H]2[C@@H]1O[Si](C)(C)C(C)(C)C. The molecule has 6 atom stereocenters. The van der Waals surface area contributed by atoms with E-state index in [2.05, 4.69) is 51.1 Å². The van der Waals surface area contributed by atoms with Crippen molar-refractivity contribution in [1.82, 2.24) is 20.4 Å². The first-order valence-corrected chi connectivity index (χ1v) is 31.5. The molecule has 0 aromatic heterocycles. The zero-order valence-electron chi connectivity index (χ0n) is 50.8. The molecule has 4 heterocycles. The lowest BCUT2D eigenvalue weighted by molar-refractivity contribution is -0.128. The number of hydrogen-bond donors (Lipinski definition) is 2. The van der Waals surface area contributed by atoms with E-state index in [-0.39, 0.29) is 72.2 Å². The standard InChI is InChI=1S/C64H84N6O12Si/c1-16-20-46-30-50-42(8)69(62(75)81-38-45-24-22-44(23-25-45)35-65-41(7)58(72)66-57(39(4)5)43(9)71)51-34-56(55(77-13)32-49(51)60(74)67(50)36-46)79-28-19-27-78-54-33-52-48(29-40(54)6)59(73)68-37-47(21-17-2)31-53(68)61(70(52)63(76)80-26-18-3)82-83(14,15)64(10,11)12/h16-18,20-25,29,32-34,36-37,39,41-42,50,53,57,61,65H,3,19,26-28,30-31,35,38H2,1-2,4-15H3,(H,66,72)/b20-16+,21-17+/t41-,42-,50-,53-,57-,61-/m0/s1. The van der Waals surface area contributed by atoms with Crippen molar-refractivity contribution < 1.29 is 56.9 Å². The van der Waals surface area contributed by atoms with E-state index in [0.717, 1.165) is 22.3 Å². The number of carbonyl (C=O) groups is 6. The molecule has 0 unspecified atom stereocenters. The van der Waals surface area contributed by atoms with Gasteiger partial charge in [-0.05, 0) is 118 Å². The number of hydrogen-bond acceptors (Lipinski definition) is 13. The van der Waals surface area contributed by atoms with Crippen LogP contribution in [0.3, 0.4) is 0 Å². The van der Waals surface area contributed by atoms with Gasteiger partial charge in [-0.15, -0.1) is 0 Å². The van der Waals surface area contributed by atoms with Crippen molar-refractivity contribution in [3.05, 3.63) is 137 Å². The Labute approximate surface area is 490 Å².